The average Bonchev–Trinajstić information content (AvgIpc) is 3.14. The summed E-state index contributed by atoms with van der Waals surface area (Å²) in [6.07, 6.45) is 4.73. The molecule has 3 rings (SSSR count). The van der Waals surface area contributed by atoms with Gasteiger partial charge >= 0.3 is 0 Å². The molecule has 0 bridgehead atoms. The third-order valence-corrected chi connectivity index (χ3v) is 6.29. The summed E-state index contributed by atoms with van der Waals surface area (Å²) in [4.78, 5) is 12.4. The first kappa shape index (κ1) is 21.5. The molecule has 1 aromatic heterocycles. The van der Waals surface area contributed by atoms with Gasteiger partial charge < -0.3 is 19.4 Å². The van der Waals surface area contributed by atoms with Crippen LogP contribution in [0.3, 0.4) is 0 Å². The van der Waals surface area contributed by atoms with E-state index < -0.39 is 0 Å². The first-order chi connectivity index (χ1) is 14.1. The van der Waals surface area contributed by atoms with Crippen molar-refractivity contribution >= 4 is 17.7 Å². The number of nitrogens with one attached hydrogen (secondary N) is 1. The van der Waals surface area contributed by atoms with Crippen LogP contribution in [-0.2, 0) is 17.9 Å². The lowest BCUT2D eigenvalue weighted by Crippen LogP contribution is -2.41. The van der Waals surface area contributed by atoms with E-state index in [1.54, 1.807) is 7.11 Å². The van der Waals surface area contributed by atoms with Gasteiger partial charge in [-0.05, 0) is 37.8 Å². The molecule has 1 fully saturated rings. The highest BCUT2D eigenvalue weighted by molar-refractivity contribution is 7.99. The number of aromatic nitrogens is 3. The predicted octanol–water partition coefficient (Wildman–Crippen LogP) is 3.67. The average molecular weight is 419 g/mol. The number of thioether (sulfide) groups is 1. The number of carbonyl (C=O) groups is 1. The van der Waals surface area contributed by atoms with Crippen molar-refractivity contribution in [2.75, 3.05) is 12.9 Å². The number of rotatable bonds is 9. The van der Waals surface area contributed by atoms with Crippen molar-refractivity contribution in [3.8, 4) is 11.5 Å². The van der Waals surface area contributed by atoms with Crippen LogP contribution in [0.15, 0.2) is 29.4 Å². The van der Waals surface area contributed by atoms with E-state index in [0.29, 0.717) is 35.8 Å². The summed E-state index contributed by atoms with van der Waals surface area (Å²) in [6, 6.07) is 7.81. The van der Waals surface area contributed by atoms with Gasteiger partial charge in [0.05, 0.1) is 12.9 Å². The Labute approximate surface area is 176 Å². The maximum absolute atomic E-state index is 12.4. The van der Waals surface area contributed by atoms with Gasteiger partial charge in [-0.2, -0.15) is 0 Å². The van der Waals surface area contributed by atoms with E-state index in [1.807, 2.05) is 35.8 Å². The lowest BCUT2D eigenvalue weighted by atomic mass is 9.86. The molecular weight excluding hydrogens is 388 g/mol. The minimum Gasteiger partial charge on any atom is -0.493 e. The molecule has 1 saturated carbocycles. The summed E-state index contributed by atoms with van der Waals surface area (Å²) >= 11 is 1.42. The van der Waals surface area contributed by atoms with Gasteiger partial charge in [-0.15, -0.1) is 10.2 Å². The zero-order chi connectivity index (χ0) is 20.6. The third kappa shape index (κ3) is 5.65. The Bertz CT molecular complexity index is 811. The summed E-state index contributed by atoms with van der Waals surface area (Å²) in [6.45, 7) is 5.25. The molecule has 1 aliphatic rings. The van der Waals surface area contributed by atoms with Crippen LogP contribution in [0.4, 0.5) is 0 Å². The topological polar surface area (TPSA) is 78.3 Å². The van der Waals surface area contributed by atoms with Crippen molar-refractivity contribution in [1.29, 1.82) is 0 Å². The summed E-state index contributed by atoms with van der Waals surface area (Å²) in [5, 5.41) is 12.4. The van der Waals surface area contributed by atoms with Gasteiger partial charge in [0.1, 0.15) is 6.61 Å². The van der Waals surface area contributed by atoms with Crippen molar-refractivity contribution in [3.05, 3.63) is 30.1 Å². The highest BCUT2D eigenvalue weighted by Gasteiger charge is 2.23. The summed E-state index contributed by atoms with van der Waals surface area (Å²) in [5.41, 5.74) is 0. The Morgan fingerprint density at radius 1 is 1.24 bits per heavy atom. The predicted molar refractivity (Wildman–Crippen MR) is 113 cm³/mol. The molecule has 29 heavy (non-hydrogen) atoms. The van der Waals surface area contributed by atoms with Gasteiger partial charge in [0.15, 0.2) is 22.5 Å². The molecule has 8 heteroatoms. The van der Waals surface area contributed by atoms with Crippen molar-refractivity contribution in [2.45, 2.75) is 63.9 Å². The second-order valence-corrected chi connectivity index (χ2v) is 8.25. The molecule has 1 N–H and O–H groups in total. The maximum atomic E-state index is 12.4. The SMILES string of the molecule is CCn1c(COc2ccccc2OC)nnc1SCC(=O)N[C@H]1CCCC[C@H]1C. The molecule has 2 atom stereocenters. The second kappa shape index (κ2) is 10.5. The number of methoxy groups -OCH3 is 1. The second-order valence-electron chi connectivity index (χ2n) is 7.31. The van der Waals surface area contributed by atoms with Crippen LogP contribution in [0.1, 0.15) is 45.4 Å². The monoisotopic (exact) mass is 418 g/mol. The molecule has 7 nitrogen and oxygen atoms in total. The van der Waals surface area contributed by atoms with Crippen molar-refractivity contribution in [3.63, 3.8) is 0 Å². The fourth-order valence-electron chi connectivity index (χ4n) is 3.64. The number of ether oxygens (including phenoxy) is 2. The van der Waals surface area contributed by atoms with Crippen LogP contribution >= 0.6 is 11.8 Å². The normalized spacial score (nSPS) is 19.0. The number of nitrogens with zero attached hydrogens (tertiary/aromatic N) is 3. The number of benzene rings is 1. The number of para-hydroxylation sites is 2. The number of hydrogen-bond donors (Lipinski definition) is 1. The molecule has 0 unspecified atom stereocenters. The van der Waals surface area contributed by atoms with Crippen LogP contribution in [0.5, 0.6) is 11.5 Å². The number of hydrogen-bond acceptors (Lipinski definition) is 6. The van der Waals surface area contributed by atoms with E-state index in [2.05, 4.69) is 22.4 Å². The van der Waals surface area contributed by atoms with Gasteiger partial charge in [-0.25, -0.2) is 0 Å². The molecule has 1 aliphatic carbocycles. The molecule has 1 heterocycles. The smallest absolute Gasteiger partial charge is 0.230 e. The minimum absolute atomic E-state index is 0.0613. The van der Waals surface area contributed by atoms with Gasteiger partial charge in [-0.3, -0.25) is 4.79 Å². The van der Waals surface area contributed by atoms with Crippen molar-refractivity contribution < 1.29 is 14.3 Å². The van der Waals surface area contributed by atoms with E-state index in [-0.39, 0.29) is 12.5 Å². The molecular formula is C21H30N4O3S. The largest absolute Gasteiger partial charge is 0.493 e. The Morgan fingerprint density at radius 2 is 2.00 bits per heavy atom. The zero-order valence-electron chi connectivity index (χ0n) is 17.4. The van der Waals surface area contributed by atoms with Gasteiger partial charge in [0, 0.05) is 12.6 Å². The molecule has 158 valence electrons. The first-order valence-electron chi connectivity index (χ1n) is 10.2. The first-order valence-corrected chi connectivity index (χ1v) is 11.2. The molecule has 0 spiro atoms. The van der Waals surface area contributed by atoms with E-state index in [4.69, 9.17) is 9.47 Å². The van der Waals surface area contributed by atoms with Crippen molar-refractivity contribution in [2.24, 2.45) is 5.92 Å². The fourth-order valence-corrected chi connectivity index (χ4v) is 4.47. The number of amides is 1. The lowest BCUT2D eigenvalue weighted by Gasteiger charge is -2.29. The highest BCUT2D eigenvalue weighted by Crippen LogP contribution is 2.27. The molecule has 0 radical (unpaired) electrons. The lowest BCUT2D eigenvalue weighted by molar-refractivity contribution is -0.119. The van der Waals surface area contributed by atoms with Crippen LogP contribution in [-0.4, -0.2) is 39.6 Å². The summed E-state index contributed by atoms with van der Waals surface area (Å²) in [5.74, 6) is 3.02. The van der Waals surface area contributed by atoms with Crippen LogP contribution in [0, 0.1) is 5.92 Å². The van der Waals surface area contributed by atoms with Crippen LogP contribution < -0.4 is 14.8 Å². The zero-order valence-corrected chi connectivity index (χ0v) is 18.2. The quantitative estimate of drug-likeness (QED) is 0.626. The van der Waals surface area contributed by atoms with Gasteiger partial charge in [0.2, 0.25) is 5.91 Å². The third-order valence-electron chi connectivity index (χ3n) is 5.33. The summed E-state index contributed by atoms with van der Waals surface area (Å²) in [7, 11) is 1.62. The maximum Gasteiger partial charge on any atom is 0.230 e. The van der Waals surface area contributed by atoms with E-state index in [9.17, 15) is 4.79 Å². The van der Waals surface area contributed by atoms with E-state index in [1.165, 1.54) is 31.0 Å². The Morgan fingerprint density at radius 3 is 2.72 bits per heavy atom. The van der Waals surface area contributed by atoms with Gasteiger partial charge in [-0.1, -0.05) is 43.7 Å². The molecule has 1 aromatic carbocycles. The van der Waals surface area contributed by atoms with Gasteiger partial charge in [0.25, 0.3) is 0 Å². The highest BCUT2D eigenvalue weighted by atomic mass is 32.2. The Kier molecular flexibility index (Phi) is 7.80. The molecule has 1 amide bonds. The van der Waals surface area contributed by atoms with Crippen molar-refractivity contribution in [1.82, 2.24) is 20.1 Å². The molecule has 0 saturated heterocycles. The molecule has 0 aliphatic heterocycles. The molecule has 2 aromatic rings. The minimum atomic E-state index is 0.0613. The van der Waals surface area contributed by atoms with E-state index in [0.717, 1.165) is 17.4 Å². The number of carbonyl (C=O) groups excluding carboxylic acids is 1. The summed E-state index contributed by atoms with van der Waals surface area (Å²) < 4.78 is 13.2. The van der Waals surface area contributed by atoms with Crippen LogP contribution in [0.2, 0.25) is 0 Å². The fraction of sp³-hybridized carbons (Fsp3) is 0.571. The van der Waals surface area contributed by atoms with E-state index >= 15 is 0 Å². The Hall–Kier alpha value is -2.22. The van der Waals surface area contributed by atoms with Crippen LogP contribution in [0.25, 0.3) is 0 Å². The standard InChI is InChI=1S/C21H30N4O3S/c1-4-25-19(13-28-18-12-8-7-11-17(18)27-3)23-24-21(25)29-14-20(26)22-16-10-6-5-9-15(16)2/h7-8,11-12,15-16H,4-6,9-10,13-14H2,1-3H3,(H,22,26)/t15-,16+/m1/s1. The Balaban J connectivity index is 1.55.